The molecule has 0 heterocycles. The average molecular weight is 253 g/mol. The van der Waals surface area contributed by atoms with Crippen LogP contribution in [0.4, 0.5) is 0 Å². The maximum absolute atomic E-state index is 12.0. The highest BCUT2D eigenvalue weighted by molar-refractivity contribution is 6.00. The van der Waals surface area contributed by atoms with Crippen molar-refractivity contribution in [1.29, 1.82) is 0 Å². The van der Waals surface area contributed by atoms with Crippen molar-refractivity contribution in [2.24, 2.45) is 5.41 Å². The van der Waals surface area contributed by atoms with Crippen LogP contribution in [0.1, 0.15) is 33.6 Å². The van der Waals surface area contributed by atoms with Gasteiger partial charge in [0.05, 0.1) is 13.2 Å². The van der Waals surface area contributed by atoms with Gasteiger partial charge in [0.15, 0.2) is 5.41 Å². The van der Waals surface area contributed by atoms with E-state index in [2.05, 4.69) is 18.4 Å². The zero-order valence-corrected chi connectivity index (χ0v) is 11.2. The monoisotopic (exact) mass is 253 g/mol. The van der Waals surface area contributed by atoms with Crippen molar-refractivity contribution in [3.05, 3.63) is 12.7 Å². The Hall–Kier alpha value is -1.76. The van der Waals surface area contributed by atoms with Crippen molar-refractivity contribution < 1.29 is 19.1 Å². The van der Waals surface area contributed by atoms with Crippen LogP contribution in [-0.2, 0) is 19.1 Å². The van der Waals surface area contributed by atoms with Crippen LogP contribution < -0.4 is 0 Å². The second-order valence-corrected chi connectivity index (χ2v) is 3.62. The Kier molecular flexibility index (Phi) is 7.53. The highest BCUT2D eigenvalue weighted by Crippen LogP contribution is 2.30. The molecule has 0 atom stereocenters. The molecule has 0 aromatic carbocycles. The quantitative estimate of drug-likeness (QED) is 0.229. The molecule has 0 bridgehead atoms. The maximum atomic E-state index is 12.0. The molecular formula is C14H20O4. The minimum absolute atomic E-state index is 0.0766. The normalized spacial score (nSPS) is 9.94. The van der Waals surface area contributed by atoms with Gasteiger partial charge in [0.25, 0.3) is 0 Å². The van der Waals surface area contributed by atoms with E-state index in [4.69, 9.17) is 9.47 Å². The van der Waals surface area contributed by atoms with E-state index in [1.807, 2.05) is 0 Å². The molecule has 100 valence electrons. The van der Waals surface area contributed by atoms with Gasteiger partial charge in [0, 0.05) is 6.42 Å². The van der Waals surface area contributed by atoms with Gasteiger partial charge in [-0.25, -0.2) is 0 Å². The van der Waals surface area contributed by atoms with Crippen LogP contribution in [0.15, 0.2) is 12.7 Å². The third kappa shape index (κ3) is 3.92. The Balaban J connectivity index is 5.36. The Labute approximate surface area is 108 Å². The first-order valence-electron chi connectivity index (χ1n) is 5.94. The first kappa shape index (κ1) is 16.2. The fraction of sp³-hybridized carbons (Fsp3) is 0.571. The van der Waals surface area contributed by atoms with Crippen molar-refractivity contribution in [2.75, 3.05) is 13.2 Å². The van der Waals surface area contributed by atoms with Gasteiger partial charge >= 0.3 is 11.9 Å². The van der Waals surface area contributed by atoms with Crippen molar-refractivity contribution in [3.63, 3.8) is 0 Å². The van der Waals surface area contributed by atoms with Crippen molar-refractivity contribution >= 4 is 11.9 Å². The van der Waals surface area contributed by atoms with E-state index < -0.39 is 17.4 Å². The van der Waals surface area contributed by atoms with E-state index in [-0.39, 0.29) is 26.1 Å². The molecule has 0 aromatic heterocycles. The highest BCUT2D eigenvalue weighted by Gasteiger charge is 2.47. The fourth-order valence-electron chi connectivity index (χ4n) is 1.49. The van der Waals surface area contributed by atoms with Gasteiger partial charge in [0.1, 0.15) is 0 Å². The number of ether oxygens (including phenoxy) is 2. The summed E-state index contributed by atoms with van der Waals surface area (Å²) in [5.74, 6) is 4.22. The number of esters is 2. The molecule has 0 aliphatic heterocycles. The fourth-order valence-corrected chi connectivity index (χ4v) is 1.49. The van der Waals surface area contributed by atoms with Crippen LogP contribution in [0.5, 0.6) is 0 Å². The predicted molar refractivity (Wildman–Crippen MR) is 68.6 cm³/mol. The lowest BCUT2D eigenvalue weighted by atomic mass is 9.81. The van der Waals surface area contributed by atoms with Gasteiger partial charge in [-0.15, -0.1) is 18.4 Å². The molecule has 0 saturated heterocycles. The topological polar surface area (TPSA) is 52.6 Å². The second kappa shape index (κ2) is 8.35. The molecule has 0 saturated carbocycles. The molecule has 0 aliphatic carbocycles. The minimum atomic E-state index is -1.39. The van der Waals surface area contributed by atoms with Gasteiger partial charge in [0.2, 0.25) is 0 Å². The number of carbonyl (C=O) groups is 2. The van der Waals surface area contributed by atoms with Crippen LogP contribution in [0.2, 0.25) is 0 Å². The molecule has 0 N–H and O–H groups in total. The zero-order chi connectivity index (χ0) is 14.0. The number of carbonyl (C=O) groups excluding carboxylic acids is 2. The van der Waals surface area contributed by atoms with Gasteiger partial charge in [-0.2, -0.15) is 0 Å². The van der Waals surface area contributed by atoms with E-state index >= 15 is 0 Å². The van der Waals surface area contributed by atoms with Gasteiger partial charge in [-0.1, -0.05) is 6.08 Å². The van der Waals surface area contributed by atoms with Gasteiger partial charge in [-0.05, 0) is 27.2 Å². The van der Waals surface area contributed by atoms with E-state index in [9.17, 15) is 9.59 Å². The molecule has 0 unspecified atom stereocenters. The van der Waals surface area contributed by atoms with Crippen LogP contribution >= 0.6 is 0 Å². The van der Waals surface area contributed by atoms with Gasteiger partial charge < -0.3 is 9.47 Å². The summed E-state index contributed by atoms with van der Waals surface area (Å²) in [6.45, 7) is 9.01. The number of hydrogen-bond acceptors (Lipinski definition) is 4. The Morgan fingerprint density at radius 2 is 1.72 bits per heavy atom. The molecule has 0 aromatic rings. The van der Waals surface area contributed by atoms with Crippen LogP contribution in [0.3, 0.4) is 0 Å². The summed E-state index contributed by atoms with van der Waals surface area (Å²) in [5.41, 5.74) is -1.39. The Morgan fingerprint density at radius 3 is 2.06 bits per heavy atom. The summed E-state index contributed by atoms with van der Waals surface area (Å²) >= 11 is 0. The van der Waals surface area contributed by atoms with E-state index in [1.165, 1.54) is 6.08 Å². The number of allylic oxidation sites excluding steroid dienone is 1. The molecule has 0 spiro atoms. The van der Waals surface area contributed by atoms with Crippen molar-refractivity contribution in [1.82, 2.24) is 0 Å². The average Bonchev–Trinajstić information content (AvgIpc) is 2.35. The predicted octanol–water partition coefficient (Wildman–Crippen LogP) is 2.09. The largest absolute Gasteiger partial charge is 0.465 e. The SMILES string of the molecule is CC#CCC(CC=[13CH2])(C(=O)OCC)C(=O)OCC. The summed E-state index contributed by atoms with van der Waals surface area (Å²) < 4.78 is 9.94. The van der Waals surface area contributed by atoms with Crippen LogP contribution in [0.25, 0.3) is 0 Å². The molecule has 0 fully saturated rings. The molecule has 4 heteroatoms. The van der Waals surface area contributed by atoms with Crippen LogP contribution in [0, 0.1) is 17.3 Å². The maximum Gasteiger partial charge on any atom is 0.324 e. The lowest BCUT2D eigenvalue weighted by Gasteiger charge is -2.26. The summed E-state index contributed by atoms with van der Waals surface area (Å²) in [6, 6.07) is 0. The van der Waals surface area contributed by atoms with E-state index in [0.29, 0.717) is 0 Å². The third-order valence-electron chi connectivity index (χ3n) is 2.39. The third-order valence-corrected chi connectivity index (χ3v) is 2.39. The summed E-state index contributed by atoms with van der Waals surface area (Å²) in [7, 11) is 0. The highest BCUT2D eigenvalue weighted by atomic mass is 16.6. The standard InChI is InChI=1S/C14H20O4/c1-5-9-11-14(10-6-2,12(15)17-7-3)13(16)18-8-4/h6H,2,7-8,10-11H2,1,3-4H3/i2+1. The van der Waals surface area contributed by atoms with Crippen molar-refractivity contribution in [3.8, 4) is 11.8 Å². The molecule has 0 amide bonds. The van der Waals surface area contributed by atoms with E-state index in [1.54, 1.807) is 20.8 Å². The number of hydrogen-bond donors (Lipinski definition) is 0. The molecule has 0 radical (unpaired) electrons. The first-order valence-corrected chi connectivity index (χ1v) is 5.94. The summed E-state index contributed by atoms with van der Waals surface area (Å²) in [6.07, 6.45) is 1.73. The molecule has 4 nitrogen and oxygen atoms in total. The summed E-state index contributed by atoms with van der Waals surface area (Å²) in [5, 5.41) is 0. The van der Waals surface area contributed by atoms with E-state index in [0.717, 1.165) is 0 Å². The van der Waals surface area contributed by atoms with Crippen molar-refractivity contribution in [2.45, 2.75) is 33.6 Å². The minimum Gasteiger partial charge on any atom is -0.465 e. The zero-order valence-electron chi connectivity index (χ0n) is 11.2. The Bertz CT molecular complexity index is 342. The Morgan fingerprint density at radius 1 is 1.22 bits per heavy atom. The molecule has 18 heavy (non-hydrogen) atoms. The first-order chi connectivity index (χ1) is 8.58. The smallest absolute Gasteiger partial charge is 0.324 e. The van der Waals surface area contributed by atoms with Gasteiger partial charge in [-0.3, -0.25) is 9.59 Å². The molecular weight excluding hydrogens is 233 g/mol. The molecule has 0 rings (SSSR count). The van der Waals surface area contributed by atoms with Crippen LogP contribution in [-0.4, -0.2) is 25.2 Å². The lowest BCUT2D eigenvalue weighted by Crippen LogP contribution is -2.41. The number of rotatable bonds is 7. The lowest BCUT2D eigenvalue weighted by molar-refractivity contribution is -0.171. The summed E-state index contributed by atoms with van der Waals surface area (Å²) in [4.78, 5) is 24.1. The molecule has 0 aliphatic rings. The second-order valence-electron chi connectivity index (χ2n) is 3.62.